The predicted octanol–water partition coefficient (Wildman–Crippen LogP) is 0.181. The summed E-state index contributed by atoms with van der Waals surface area (Å²) in [6, 6.07) is 4.92. The van der Waals surface area contributed by atoms with E-state index in [4.69, 9.17) is 0 Å². The third-order valence-electron chi connectivity index (χ3n) is 6.27. The molecule has 3 atom stereocenters. The number of aliphatic hydroxyl groups excluding tert-OH is 1. The zero-order chi connectivity index (χ0) is 24.7. The standard InChI is InChI=1S/C24H32N4O6/c1-14-5-2-3-7-17(14)26-23(33)24(34)28-19(11-15-8-9-15)22(32)27-18(20(30)13-29)12-16-6-4-10-25-21(16)31/h2-3,5,7,15-16,18-19,29H,4,6,8-13H2,1H3,(H,25,31)(H,26,33)(H,27,32)(H,28,34)/t16-,18-,19-/m0/s1. The summed E-state index contributed by atoms with van der Waals surface area (Å²) in [6.45, 7) is 1.58. The molecule has 1 aromatic carbocycles. The molecule has 1 aliphatic heterocycles. The second kappa shape index (κ2) is 11.7. The quantitative estimate of drug-likeness (QED) is 0.306. The van der Waals surface area contributed by atoms with Crippen LogP contribution in [0, 0.1) is 18.8 Å². The summed E-state index contributed by atoms with van der Waals surface area (Å²) < 4.78 is 0. The molecule has 34 heavy (non-hydrogen) atoms. The van der Waals surface area contributed by atoms with Crippen LogP contribution in [0.25, 0.3) is 0 Å². The van der Waals surface area contributed by atoms with Gasteiger partial charge in [0.1, 0.15) is 12.6 Å². The molecule has 1 heterocycles. The van der Waals surface area contributed by atoms with Crippen LogP contribution in [-0.4, -0.2) is 59.8 Å². The molecule has 0 bridgehead atoms. The molecule has 1 aliphatic carbocycles. The average Bonchev–Trinajstić information content (AvgIpc) is 3.64. The Hall–Kier alpha value is -3.27. The van der Waals surface area contributed by atoms with Crippen molar-refractivity contribution < 1.29 is 29.1 Å². The van der Waals surface area contributed by atoms with Crippen molar-refractivity contribution in [2.24, 2.45) is 11.8 Å². The second-order valence-corrected chi connectivity index (χ2v) is 9.03. The fourth-order valence-electron chi connectivity index (χ4n) is 4.03. The molecule has 0 radical (unpaired) electrons. The Morgan fingerprint density at radius 2 is 1.76 bits per heavy atom. The van der Waals surface area contributed by atoms with Crippen LogP contribution in [0.4, 0.5) is 5.69 Å². The number of carbonyl (C=O) groups is 5. The first kappa shape index (κ1) is 25.4. The van der Waals surface area contributed by atoms with Crippen LogP contribution < -0.4 is 21.3 Å². The van der Waals surface area contributed by atoms with Gasteiger partial charge in [0.2, 0.25) is 11.8 Å². The highest BCUT2D eigenvalue weighted by atomic mass is 16.3. The fraction of sp³-hybridized carbons (Fsp3) is 0.542. The highest BCUT2D eigenvalue weighted by Gasteiger charge is 2.35. The van der Waals surface area contributed by atoms with Crippen molar-refractivity contribution in [3.63, 3.8) is 0 Å². The predicted molar refractivity (Wildman–Crippen MR) is 123 cm³/mol. The van der Waals surface area contributed by atoms with Gasteiger partial charge in [-0.05, 0) is 50.2 Å². The number of hydrogen-bond donors (Lipinski definition) is 5. The van der Waals surface area contributed by atoms with Crippen LogP contribution in [0.2, 0.25) is 0 Å². The Kier molecular flexibility index (Phi) is 8.75. The van der Waals surface area contributed by atoms with Gasteiger partial charge in [-0.2, -0.15) is 0 Å². The summed E-state index contributed by atoms with van der Waals surface area (Å²) in [5.74, 6) is -3.48. The van der Waals surface area contributed by atoms with Crippen LogP contribution in [0.3, 0.4) is 0 Å². The SMILES string of the molecule is Cc1ccccc1NC(=O)C(=O)N[C@@H](CC1CC1)C(=O)N[C@@H](C[C@@H]1CCCNC1=O)C(=O)CO. The van der Waals surface area contributed by atoms with Gasteiger partial charge in [-0.3, -0.25) is 24.0 Å². The van der Waals surface area contributed by atoms with Gasteiger partial charge in [-0.1, -0.05) is 31.0 Å². The van der Waals surface area contributed by atoms with E-state index in [2.05, 4.69) is 21.3 Å². The Labute approximate surface area is 198 Å². The summed E-state index contributed by atoms with van der Waals surface area (Å²) in [5, 5.41) is 19.7. The Bertz CT molecular complexity index is 945. The van der Waals surface area contributed by atoms with E-state index in [1.54, 1.807) is 25.1 Å². The first-order valence-corrected chi connectivity index (χ1v) is 11.7. The van der Waals surface area contributed by atoms with Crippen molar-refractivity contribution >= 4 is 35.1 Å². The minimum Gasteiger partial charge on any atom is -0.389 e. The highest BCUT2D eigenvalue weighted by molar-refractivity contribution is 6.40. The number of piperidine rings is 1. The molecule has 1 saturated carbocycles. The Morgan fingerprint density at radius 3 is 2.41 bits per heavy atom. The van der Waals surface area contributed by atoms with Crippen LogP contribution >= 0.6 is 0 Å². The first-order valence-electron chi connectivity index (χ1n) is 11.7. The lowest BCUT2D eigenvalue weighted by Gasteiger charge is -2.27. The van der Waals surface area contributed by atoms with Crippen LogP contribution in [0.5, 0.6) is 0 Å². The first-order chi connectivity index (χ1) is 16.3. The van der Waals surface area contributed by atoms with E-state index >= 15 is 0 Å². The zero-order valence-corrected chi connectivity index (χ0v) is 19.3. The molecule has 2 fully saturated rings. The lowest BCUT2D eigenvalue weighted by molar-refractivity contribution is -0.138. The average molecular weight is 473 g/mol. The van der Waals surface area contributed by atoms with Crippen LogP contribution in [0.15, 0.2) is 24.3 Å². The van der Waals surface area contributed by atoms with Crippen molar-refractivity contribution in [2.45, 2.75) is 57.5 Å². The monoisotopic (exact) mass is 472 g/mol. The van der Waals surface area contributed by atoms with E-state index in [0.29, 0.717) is 25.1 Å². The van der Waals surface area contributed by atoms with Crippen molar-refractivity contribution in [1.29, 1.82) is 0 Å². The summed E-state index contributed by atoms with van der Waals surface area (Å²) in [4.78, 5) is 62.4. The second-order valence-electron chi connectivity index (χ2n) is 9.03. The number of nitrogens with one attached hydrogen (secondary N) is 4. The van der Waals surface area contributed by atoms with Gasteiger partial charge in [0.15, 0.2) is 5.78 Å². The summed E-state index contributed by atoms with van der Waals surface area (Å²) in [5.41, 5.74) is 1.28. The number of aliphatic hydroxyl groups is 1. The van der Waals surface area contributed by atoms with Gasteiger partial charge in [0.25, 0.3) is 0 Å². The molecule has 5 N–H and O–H groups in total. The number of rotatable bonds is 10. The van der Waals surface area contributed by atoms with E-state index in [1.807, 2.05) is 6.07 Å². The van der Waals surface area contributed by atoms with Crippen molar-refractivity contribution in [2.75, 3.05) is 18.5 Å². The largest absolute Gasteiger partial charge is 0.389 e. The van der Waals surface area contributed by atoms with Gasteiger partial charge in [0.05, 0.1) is 6.04 Å². The maximum Gasteiger partial charge on any atom is 0.313 e. The molecular weight excluding hydrogens is 440 g/mol. The van der Waals surface area contributed by atoms with Gasteiger partial charge >= 0.3 is 11.8 Å². The minimum atomic E-state index is -1.06. The molecule has 10 heteroatoms. The molecule has 3 rings (SSSR count). The molecular formula is C24H32N4O6. The molecule has 0 spiro atoms. The third kappa shape index (κ3) is 7.11. The molecule has 184 valence electrons. The molecule has 1 aromatic rings. The number of benzene rings is 1. The van der Waals surface area contributed by atoms with Gasteiger partial charge < -0.3 is 26.4 Å². The topological polar surface area (TPSA) is 154 Å². The minimum absolute atomic E-state index is 0.0643. The maximum atomic E-state index is 13.0. The molecule has 10 nitrogen and oxygen atoms in total. The maximum absolute atomic E-state index is 13.0. The van der Waals surface area contributed by atoms with Gasteiger partial charge in [-0.15, -0.1) is 0 Å². The van der Waals surface area contributed by atoms with Gasteiger partial charge in [0, 0.05) is 18.2 Å². The number of carbonyl (C=O) groups excluding carboxylic acids is 5. The number of ketones is 1. The van der Waals surface area contributed by atoms with Crippen LogP contribution in [-0.2, 0) is 24.0 Å². The van der Waals surface area contributed by atoms with E-state index in [1.165, 1.54) is 0 Å². The number of aryl methyl sites for hydroxylation is 1. The Balaban J connectivity index is 1.65. The summed E-state index contributed by atoms with van der Waals surface area (Å²) >= 11 is 0. The smallest absolute Gasteiger partial charge is 0.313 e. The molecule has 0 aromatic heterocycles. The summed E-state index contributed by atoms with van der Waals surface area (Å²) in [7, 11) is 0. The van der Waals surface area contributed by atoms with Crippen molar-refractivity contribution in [3.8, 4) is 0 Å². The molecule has 4 amide bonds. The molecule has 1 saturated heterocycles. The molecule has 2 aliphatic rings. The third-order valence-corrected chi connectivity index (χ3v) is 6.27. The van der Waals surface area contributed by atoms with Crippen LogP contribution in [0.1, 0.15) is 44.1 Å². The highest BCUT2D eigenvalue weighted by Crippen LogP contribution is 2.33. The fourth-order valence-corrected chi connectivity index (χ4v) is 4.03. The van der Waals surface area contributed by atoms with Crippen molar-refractivity contribution in [3.05, 3.63) is 29.8 Å². The number of para-hydroxylation sites is 1. The van der Waals surface area contributed by atoms with E-state index < -0.39 is 48.1 Å². The lowest BCUT2D eigenvalue weighted by Crippen LogP contribution is -2.54. The molecule has 0 unspecified atom stereocenters. The normalized spacial score (nSPS) is 19.4. The number of anilines is 1. The van der Waals surface area contributed by atoms with E-state index in [-0.39, 0.29) is 18.2 Å². The zero-order valence-electron chi connectivity index (χ0n) is 19.3. The van der Waals surface area contributed by atoms with Gasteiger partial charge in [-0.25, -0.2) is 0 Å². The van der Waals surface area contributed by atoms with E-state index in [0.717, 1.165) is 24.8 Å². The van der Waals surface area contributed by atoms with E-state index in [9.17, 15) is 29.1 Å². The number of Topliss-reactive ketones (excluding diaryl/α,β-unsaturated/α-hetero) is 1. The van der Waals surface area contributed by atoms with Crippen molar-refractivity contribution in [1.82, 2.24) is 16.0 Å². The number of hydrogen-bond acceptors (Lipinski definition) is 6. The lowest BCUT2D eigenvalue weighted by atomic mass is 9.90. The Morgan fingerprint density at radius 1 is 1.03 bits per heavy atom. The number of amides is 4. The summed E-state index contributed by atoms with van der Waals surface area (Å²) in [6.07, 6.45) is 3.57.